The van der Waals surface area contributed by atoms with Gasteiger partial charge in [0.25, 0.3) is 12.4 Å². The Hall–Kier alpha value is -3.84. The number of aromatic nitrogens is 1. The maximum absolute atomic E-state index is 13.4. The van der Waals surface area contributed by atoms with E-state index in [0.29, 0.717) is 23.0 Å². The minimum atomic E-state index is -0.650. The van der Waals surface area contributed by atoms with Gasteiger partial charge in [-0.1, -0.05) is 119 Å². The van der Waals surface area contributed by atoms with E-state index < -0.39 is 11.5 Å². The highest BCUT2D eigenvalue weighted by Crippen LogP contribution is 2.27. The van der Waals surface area contributed by atoms with Gasteiger partial charge >= 0.3 is 0 Å². The van der Waals surface area contributed by atoms with E-state index in [1.165, 1.54) is 24.2 Å². The van der Waals surface area contributed by atoms with Gasteiger partial charge in [0.05, 0.1) is 19.1 Å². The van der Waals surface area contributed by atoms with Crippen LogP contribution in [0.5, 0.6) is 0 Å². The number of unbranched alkanes of at least 4 members (excludes halogenated alkanes) is 2. The van der Waals surface area contributed by atoms with Gasteiger partial charge in [-0.3, -0.25) is 28.9 Å². The van der Waals surface area contributed by atoms with E-state index in [9.17, 15) is 19.2 Å². The van der Waals surface area contributed by atoms with E-state index >= 15 is 0 Å². The Morgan fingerprint density at radius 2 is 1.52 bits per heavy atom. The highest BCUT2D eigenvalue weighted by molar-refractivity contribution is 7.09. The second kappa shape index (κ2) is 27.7. The van der Waals surface area contributed by atoms with E-state index in [0.717, 1.165) is 37.8 Å². The lowest BCUT2D eigenvalue weighted by atomic mass is 9.93. The molecule has 0 aliphatic rings. The Morgan fingerprint density at radius 1 is 0.907 bits per heavy atom. The van der Waals surface area contributed by atoms with E-state index in [-0.39, 0.29) is 61.2 Å². The minimum Gasteiger partial charge on any atom is -0.483 e. The average Bonchev–Trinajstić information content (AvgIpc) is 3.60. The van der Waals surface area contributed by atoms with E-state index in [1.54, 1.807) is 5.38 Å². The van der Waals surface area contributed by atoms with Crippen molar-refractivity contribution >= 4 is 41.4 Å². The number of carbonyl (C=O) groups excluding carboxylic acids is 4. The van der Waals surface area contributed by atoms with Crippen molar-refractivity contribution in [3.8, 4) is 0 Å². The fourth-order valence-corrected chi connectivity index (χ4v) is 5.93. The Bertz CT molecular complexity index is 1360. The second-order valence-corrected chi connectivity index (χ2v) is 16.4. The zero-order valence-corrected chi connectivity index (χ0v) is 35.6. The molecule has 5 N–H and O–H groups in total. The first-order valence-electron chi connectivity index (χ1n) is 19.4. The van der Waals surface area contributed by atoms with Crippen molar-refractivity contribution < 1.29 is 29.1 Å². The number of amides is 4. The molecule has 1 heterocycles. The van der Waals surface area contributed by atoms with Gasteiger partial charge in [-0.2, -0.15) is 0 Å². The van der Waals surface area contributed by atoms with Gasteiger partial charge in [-0.25, -0.2) is 4.98 Å². The summed E-state index contributed by atoms with van der Waals surface area (Å²) in [5.74, 6) is -0.486. The third kappa shape index (κ3) is 22.4. The highest BCUT2D eigenvalue weighted by Gasteiger charge is 2.30. The summed E-state index contributed by atoms with van der Waals surface area (Å²) >= 11 is 1.32. The number of thiazole rings is 1. The van der Waals surface area contributed by atoms with Crippen LogP contribution in [0.25, 0.3) is 0 Å². The molecule has 0 saturated heterocycles. The van der Waals surface area contributed by atoms with Crippen LogP contribution in [0.15, 0.2) is 35.7 Å². The van der Waals surface area contributed by atoms with Crippen LogP contribution in [0, 0.1) is 17.3 Å². The Kier molecular flexibility index (Phi) is 25.7. The van der Waals surface area contributed by atoms with Crippen molar-refractivity contribution in [1.82, 2.24) is 31.2 Å². The summed E-state index contributed by atoms with van der Waals surface area (Å²) in [6.45, 7) is 20.9. The van der Waals surface area contributed by atoms with Gasteiger partial charge in [0.1, 0.15) is 10.7 Å². The molecule has 13 heteroatoms. The largest absolute Gasteiger partial charge is 0.483 e. The van der Waals surface area contributed by atoms with Crippen molar-refractivity contribution in [3.05, 3.63) is 52.0 Å². The molecule has 0 bridgehead atoms. The number of nitrogens with one attached hydrogen (secondary N) is 4. The zero-order valence-electron chi connectivity index (χ0n) is 34.8. The SMILES string of the molecule is CCCC.CCCCN(C)CC(=O)NCC(=O)NC(CC(NC(=O)C(C)(C)C)c1nc(C(=O)NC(Cc2ccccc2)CC(C)C)cs1)C(C)C.O=CO. The van der Waals surface area contributed by atoms with Gasteiger partial charge in [-0.15, -0.1) is 11.3 Å². The summed E-state index contributed by atoms with van der Waals surface area (Å²) in [4.78, 5) is 66.9. The summed E-state index contributed by atoms with van der Waals surface area (Å²) in [6, 6.07) is 9.21. The lowest BCUT2D eigenvalue weighted by Gasteiger charge is -2.29. The second-order valence-electron chi connectivity index (χ2n) is 15.5. The summed E-state index contributed by atoms with van der Waals surface area (Å²) in [5, 5.41) is 21.3. The van der Waals surface area contributed by atoms with E-state index in [1.807, 2.05) is 64.8 Å². The molecule has 2 rings (SSSR count). The predicted octanol–water partition coefficient (Wildman–Crippen LogP) is 6.62. The van der Waals surface area contributed by atoms with E-state index in [4.69, 9.17) is 14.9 Å². The molecule has 3 atom stereocenters. The quantitative estimate of drug-likeness (QED) is 0.0936. The van der Waals surface area contributed by atoms with Gasteiger partial charge in [0.2, 0.25) is 17.7 Å². The van der Waals surface area contributed by atoms with Crippen molar-refractivity contribution in [3.63, 3.8) is 0 Å². The summed E-state index contributed by atoms with van der Waals surface area (Å²) in [6.07, 6.45) is 6.61. The maximum Gasteiger partial charge on any atom is 0.290 e. The fraction of sp³-hybridized carbons (Fsp3) is 0.659. The molecule has 3 unspecified atom stereocenters. The fourth-order valence-electron chi connectivity index (χ4n) is 5.06. The molecule has 2 aromatic rings. The molecular formula is C41H70N6O6S. The smallest absolute Gasteiger partial charge is 0.290 e. The van der Waals surface area contributed by atoms with Crippen LogP contribution in [-0.4, -0.2) is 83.9 Å². The Balaban J connectivity index is 0.00000369. The molecule has 0 aliphatic heterocycles. The third-order valence-electron chi connectivity index (χ3n) is 8.35. The number of carbonyl (C=O) groups is 5. The first kappa shape index (κ1) is 50.2. The first-order valence-corrected chi connectivity index (χ1v) is 20.2. The van der Waals surface area contributed by atoms with Gasteiger partial charge in [-0.05, 0) is 56.7 Å². The van der Waals surface area contributed by atoms with Crippen LogP contribution in [0.1, 0.15) is 135 Å². The minimum absolute atomic E-state index is 0.0291. The molecule has 1 aromatic heterocycles. The molecule has 306 valence electrons. The third-order valence-corrected chi connectivity index (χ3v) is 9.31. The highest BCUT2D eigenvalue weighted by atomic mass is 32.1. The molecule has 0 saturated carbocycles. The Morgan fingerprint density at radius 3 is 2.04 bits per heavy atom. The van der Waals surface area contributed by atoms with Gasteiger partial charge in [0.15, 0.2) is 0 Å². The molecule has 4 amide bonds. The van der Waals surface area contributed by atoms with Crippen molar-refractivity contribution in [2.45, 2.75) is 132 Å². The topological polar surface area (TPSA) is 170 Å². The predicted molar refractivity (Wildman–Crippen MR) is 219 cm³/mol. The first-order chi connectivity index (χ1) is 25.4. The number of rotatable bonds is 20. The maximum atomic E-state index is 13.4. The number of hydrogen-bond acceptors (Lipinski definition) is 8. The molecule has 1 aromatic carbocycles. The lowest BCUT2D eigenvalue weighted by Crippen LogP contribution is -2.47. The van der Waals surface area contributed by atoms with Crippen LogP contribution in [0.4, 0.5) is 0 Å². The molecule has 0 spiro atoms. The van der Waals surface area contributed by atoms with Crippen LogP contribution in [0.2, 0.25) is 0 Å². The molecule has 12 nitrogen and oxygen atoms in total. The molecule has 54 heavy (non-hydrogen) atoms. The van der Waals surface area contributed by atoms with Crippen molar-refractivity contribution in [2.24, 2.45) is 17.3 Å². The number of likely N-dealkylation sites (N-methyl/N-ethyl adjacent to an activating group) is 1. The number of nitrogens with zero attached hydrogens (tertiary/aromatic N) is 2. The molecule has 0 fully saturated rings. The molecular weight excluding hydrogens is 705 g/mol. The molecule has 0 aliphatic carbocycles. The van der Waals surface area contributed by atoms with E-state index in [2.05, 4.69) is 68.0 Å². The van der Waals surface area contributed by atoms with Gasteiger partial charge < -0.3 is 26.4 Å². The van der Waals surface area contributed by atoms with Crippen LogP contribution < -0.4 is 21.3 Å². The molecule has 0 radical (unpaired) electrons. The number of benzene rings is 1. The standard InChI is InChI=1S/C36H58N6O4S.C4H10.CH2O2/c1-10-11-17-42(9)22-32(44)37-21-31(43)39-28(25(4)5)20-29(41-35(46)36(6,7)8)34-40-30(23-47-34)33(45)38-27(18-24(2)3)19-26-15-13-12-14-16-26;1-3-4-2;2-1-3/h12-16,23-25,27-29H,10-11,17-22H2,1-9H3,(H,37,44)(H,38,45)(H,39,43)(H,41,46);3-4H2,1-2H3;1H,(H,2,3). The van der Waals surface area contributed by atoms with Crippen molar-refractivity contribution in [1.29, 1.82) is 0 Å². The van der Waals surface area contributed by atoms with Crippen LogP contribution >= 0.6 is 11.3 Å². The summed E-state index contributed by atoms with van der Waals surface area (Å²) < 4.78 is 0. The zero-order chi connectivity index (χ0) is 41.3. The Labute approximate surface area is 329 Å². The van der Waals surface area contributed by atoms with Crippen LogP contribution in [0.3, 0.4) is 0 Å². The summed E-state index contributed by atoms with van der Waals surface area (Å²) in [5.41, 5.74) is 0.809. The number of hydrogen-bond donors (Lipinski definition) is 5. The summed E-state index contributed by atoms with van der Waals surface area (Å²) in [7, 11) is 1.89. The average molecular weight is 775 g/mol. The van der Waals surface area contributed by atoms with Gasteiger partial charge in [0, 0.05) is 22.9 Å². The van der Waals surface area contributed by atoms with Crippen LogP contribution in [-0.2, 0) is 25.6 Å². The monoisotopic (exact) mass is 775 g/mol. The van der Waals surface area contributed by atoms with Crippen molar-refractivity contribution in [2.75, 3.05) is 26.7 Å². The lowest BCUT2D eigenvalue weighted by molar-refractivity contribution is -0.129. The normalized spacial score (nSPS) is 12.7. The number of carboxylic acid groups (broad SMARTS) is 1.